The first kappa shape index (κ1) is 13.3. The Morgan fingerprint density at radius 1 is 1.22 bits per heavy atom. The number of hydrogen-bond acceptors (Lipinski definition) is 2. The molecule has 0 fully saturated rings. The van der Waals surface area contributed by atoms with Crippen LogP contribution >= 0.6 is 11.6 Å². The Morgan fingerprint density at radius 3 is 2.44 bits per heavy atom. The number of rotatable bonds is 4. The molecule has 2 aromatic heterocycles. The highest BCUT2D eigenvalue weighted by atomic mass is 35.5. The van der Waals surface area contributed by atoms with Crippen molar-refractivity contribution in [2.45, 2.75) is 46.0 Å². The smallest absolute Gasteiger partial charge is 0.160 e. The molecule has 98 valence electrons. The van der Waals surface area contributed by atoms with E-state index in [4.69, 9.17) is 16.6 Å². The largest absolute Gasteiger partial charge is 0.334 e. The number of aryl methyl sites for hydroxylation is 2. The van der Waals surface area contributed by atoms with E-state index in [9.17, 15) is 0 Å². The quantitative estimate of drug-likeness (QED) is 0.834. The molecule has 0 aromatic carbocycles. The molecule has 3 nitrogen and oxygen atoms in total. The summed E-state index contributed by atoms with van der Waals surface area (Å²) >= 11 is 6.14. The van der Waals surface area contributed by atoms with Gasteiger partial charge in [-0.3, -0.25) is 0 Å². The topological polar surface area (TPSA) is 30.7 Å². The summed E-state index contributed by atoms with van der Waals surface area (Å²) in [6, 6.07) is 0. The molecule has 0 saturated carbocycles. The first-order chi connectivity index (χ1) is 8.62. The van der Waals surface area contributed by atoms with Crippen molar-refractivity contribution in [3.05, 3.63) is 22.6 Å². The zero-order valence-corrected chi connectivity index (χ0v) is 12.3. The van der Waals surface area contributed by atoms with E-state index in [1.54, 1.807) is 0 Å². The number of aromatic nitrogens is 3. The van der Waals surface area contributed by atoms with Crippen molar-refractivity contribution < 1.29 is 0 Å². The molecule has 0 atom stereocenters. The molecule has 0 N–H and O–H groups in total. The lowest BCUT2D eigenvalue weighted by Crippen LogP contribution is -1.98. The fourth-order valence-electron chi connectivity index (χ4n) is 2.46. The van der Waals surface area contributed by atoms with E-state index in [0.717, 1.165) is 36.1 Å². The van der Waals surface area contributed by atoms with Crippen molar-refractivity contribution in [2.75, 3.05) is 0 Å². The average Bonchev–Trinajstić information content (AvgIpc) is 2.67. The van der Waals surface area contributed by atoms with E-state index < -0.39 is 0 Å². The van der Waals surface area contributed by atoms with Crippen LogP contribution in [0.2, 0.25) is 5.15 Å². The summed E-state index contributed by atoms with van der Waals surface area (Å²) in [6.07, 6.45) is 5.22. The van der Waals surface area contributed by atoms with Gasteiger partial charge in [-0.15, -0.1) is 0 Å². The highest BCUT2D eigenvalue weighted by Crippen LogP contribution is 2.30. The SMILES string of the molecule is CCc1nc2c(C(CC)CC)cn(C)c2nc1Cl. The predicted octanol–water partition coefficient (Wildman–Crippen LogP) is 4.09. The van der Waals surface area contributed by atoms with Crippen LogP contribution in [0.25, 0.3) is 11.2 Å². The van der Waals surface area contributed by atoms with Gasteiger partial charge < -0.3 is 4.57 Å². The van der Waals surface area contributed by atoms with Crippen LogP contribution in [-0.4, -0.2) is 14.5 Å². The number of hydrogen-bond donors (Lipinski definition) is 0. The second kappa shape index (κ2) is 5.27. The fourth-order valence-corrected chi connectivity index (χ4v) is 2.72. The molecule has 0 spiro atoms. The molecule has 0 aliphatic heterocycles. The Hall–Kier alpha value is -1.09. The Bertz CT molecular complexity index is 556. The summed E-state index contributed by atoms with van der Waals surface area (Å²) in [5, 5.41) is 0.530. The number of nitrogens with zero attached hydrogens (tertiary/aromatic N) is 3. The Kier molecular flexibility index (Phi) is 3.91. The molecule has 0 unspecified atom stereocenters. The van der Waals surface area contributed by atoms with Crippen molar-refractivity contribution in [3.8, 4) is 0 Å². The third-order valence-electron chi connectivity index (χ3n) is 3.60. The van der Waals surface area contributed by atoms with Gasteiger partial charge in [-0.05, 0) is 25.2 Å². The molecular formula is C14H20ClN3. The third kappa shape index (κ3) is 2.12. The lowest BCUT2D eigenvalue weighted by molar-refractivity contribution is 0.643. The van der Waals surface area contributed by atoms with Crippen molar-refractivity contribution >= 4 is 22.8 Å². The number of fused-ring (bicyclic) bond motifs is 1. The molecule has 18 heavy (non-hydrogen) atoms. The van der Waals surface area contributed by atoms with Gasteiger partial charge >= 0.3 is 0 Å². The van der Waals surface area contributed by atoms with Crippen molar-refractivity contribution in [1.82, 2.24) is 14.5 Å². The summed E-state index contributed by atoms with van der Waals surface area (Å²) in [5.41, 5.74) is 4.10. The van der Waals surface area contributed by atoms with E-state index in [1.807, 2.05) is 11.6 Å². The van der Waals surface area contributed by atoms with Gasteiger partial charge in [-0.25, -0.2) is 9.97 Å². The number of halogens is 1. The van der Waals surface area contributed by atoms with Crippen LogP contribution in [0.15, 0.2) is 6.20 Å². The van der Waals surface area contributed by atoms with E-state index in [-0.39, 0.29) is 0 Å². The Morgan fingerprint density at radius 2 is 1.89 bits per heavy atom. The first-order valence-corrected chi connectivity index (χ1v) is 7.01. The molecule has 0 bridgehead atoms. The molecule has 2 rings (SSSR count). The van der Waals surface area contributed by atoms with Crippen LogP contribution in [0.3, 0.4) is 0 Å². The Labute approximate surface area is 113 Å². The van der Waals surface area contributed by atoms with Gasteiger partial charge in [-0.1, -0.05) is 32.4 Å². The lowest BCUT2D eigenvalue weighted by Gasteiger charge is -2.10. The minimum absolute atomic E-state index is 0.530. The highest BCUT2D eigenvalue weighted by molar-refractivity contribution is 6.30. The lowest BCUT2D eigenvalue weighted by atomic mass is 9.96. The van der Waals surface area contributed by atoms with Crippen LogP contribution in [0.4, 0.5) is 0 Å². The summed E-state index contributed by atoms with van der Waals surface area (Å²) in [6.45, 7) is 6.50. The summed E-state index contributed by atoms with van der Waals surface area (Å²) in [7, 11) is 2.00. The van der Waals surface area contributed by atoms with Gasteiger partial charge in [0.05, 0.1) is 5.69 Å². The first-order valence-electron chi connectivity index (χ1n) is 6.63. The van der Waals surface area contributed by atoms with Crippen LogP contribution in [0, 0.1) is 0 Å². The van der Waals surface area contributed by atoms with Gasteiger partial charge in [0.1, 0.15) is 5.52 Å². The molecule has 2 heterocycles. The molecule has 0 aliphatic carbocycles. The third-order valence-corrected chi connectivity index (χ3v) is 3.90. The van der Waals surface area contributed by atoms with Gasteiger partial charge in [0.25, 0.3) is 0 Å². The zero-order valence-electron chi connectivity index (χ0n) is 11.5. The van der Waals surface area contributed by atoms with E-state index in [1.165, 1.54) is 5.56 Å². The normalized spacial score (nSPS) is 11.7. The molecular weight excluding hydrogens is 246 g/mol. The summed E-state index contributed by atoms with van der Waals surface area (Å²) < 4.78 is 2.03. The van der Waals surface area contributed by atoms with E-state index >= 15 is 0 Å². The maximum absolute atomic E-state index is 6.14. The van der Waals surface area contributed by atoms with Crippen LogP contribution in [0.5, 0.6) is 0 Å². The molecule has 4 heteroatoms. The fraction of sp³-hybridized carbons (Fsp3) is 0.571. The average molecular weight is 266 g/mol. The molecule has 2 aromatic rings. The maximum atomic E-state index is 6.14. The van der Waals surface area contributed by atoms with Crippen molar-refractivity contribution in [2.24, 2.45) is 7.05 Å². The summed E-state index contributed by atoms with van der Waals surface area (Å²) in [4.78, 5) is 9.20. The van der Waals surface area contributed by atoms with Gasteiger partial charge in [-0.2, -0.15) is 0 Å². The van der Waals surface area contributed by atoms with Gasteiger partial charge in [0.15, 0.2) is 10.8 Å². The van der Waals surface area contributed by atoms with Crippen LogP contribution in [-0.2, 0) is 13.5 Å². The van der Waals surface area contributed by atoms with Crippen LogP contribution < -0.4 is 0 Å². The second-order valence-electron chi connectivity index (χ2n) is 4.70. The highest BCUT2D eigenvalue weighted by Gasteiger charge is 2.18. The molecule has 0 saturated heterocycles. The van der Waals surface area contributed by atoms with E-state index in [0.29, 0.717) is 11.1 Å². The maximum Gasteiger partial charge on any atom is 0.160 e. The van der Waals surface area contributed by atoms with Crippen LogP contribution in [0.1, 0.15) is 50.8 Å². The Balaban J connectivity index is 2.68. The molecule has 0 radical (unpaired) electrons. The second-order valence-corrected chi connectivity index (χ2v) is 5.05. The standard InChI is InChI=1S/C14H20ClN3/c1-5-9(6-2)10-8-18(4)14-12(10)16-11(7-3)13(15)17-14/h8-9H,5-7H2,1-4H3. The summed E-state index contributed by atoms with van der Waals surface area (Å²) in [5.74, 6) is 0.550. The van der Waals surface area contributed by atoms with Gasteiger partial charge in [0.2, 0.25) is 0 Å². The predicted molar refractivity (Wildman–Crippen MR) is 76.2 cm³/mol. The van der Waals surface area contributed by atoms with E-state index in [2.05, 4.69) is 32.0 Å². The minimum Gasteiger partial charge on any atom is -0.334 e. The zero-order chi connectivity index (χ0) is 13.3. The molecule has 0 aliphatic rings. The monoisotopic (exact) mass is 265 g/mol. The van der Waals surface area contributed by atoms with Gasteiger partial charge in [0, 0.05) is 18.8 Å². The van der Waals surface area contributed by atoms with Crippen molar-refractivity contribution in [1.29, 1.82) is 0 Å². The minimum atomic E-state index is 0.530. The molecule has 0 amide bonds. The van der Waals surface area contributed by atoms with Crippen molar-refractivity contribution in [3.63, 3.8) is 0 Å².